The number of rotatable bonds is 4. The van der Waals surface area contributed by atoms with E-state index in [-0.39, 0.29) is 17.5 Å². The van der Waals surface area contributed by atoms with Crippen molar-refractivity contribution in [2.24, 2.45) is 0 Å². The van der Waals surface area contributed by atoms with Crippen molar-refractivity contribution in [3.63, 3.8) is 0 Å². The maximum atomic E-state index is 13.4. The Bertz CT molecular complexity index is 1200. The third-order valence-electron chi connectivity index (χ3n) is 4.80. The SMILES string of the molecule is O=c1nc(N2CC=C(c3ccc(F)c(Cl)c3)CC2)ncn1Cc1ccc(C(F)(F)F)s1. The van der Waals surface area contributed by atoms with Crippen LogP contribution in [0.1, 0.15) is 21.7 Å². The van der Waals surface area contributed by atoms with Gasteiger partial charge in [0.25, 0.3) is 0 Å². The molecule has 0 unspecified atom stereocenters. The van der Waals surface area contributed by atoms with E-state index in [4.69, 9.17) is 11.6 Å². The standard InChI is InChI=1S/C20H15ClF4N4OS/c21-15-9-13(1-3-16(15)22)12-5-7-28(8-6-12)18-26-11-29(19(30)27-18)10-14-2-4-17(31-14)20(23,24)25/h1-5,9,11H,6-8,10H2. The van der Waals surface area contributed by atoms with Crippen LogP contribution in [0.4, 0.5) is 23.5 Å². The average molecular weight is 471 g/mol. The number of nitrogens with zero attached hydrogens (tertiary/aromatic N) is 4. The van der Waals surface area contributed by atoms with Crippen LogP contribution in [-0.2, 0) is 12.7 Å². The van der Waals surface area contributed by atoms with Crippen molar-refractivity contribution in [3.8, 4) is 0 Å². The summed E-state index contributed by atoms with van der Waals surface area (Å²) in [5, 5.41) is 0.0564. The van der Waals surface area contributed by atoms with E-state index >= 15 is 0 Å². The molecule has 3 heterocycles. The number of benzene rings is 1. The Morgan fingerprint density at radius 2 is 2.00 bits per heavy atom. The normalized spacial score (nSPS) is 14.6. The van der Waals surface area contributed by atoms with Crippen LogP contribution in [0.3, 0.4) is 0 Å². The van der Waals surface area contributed by atoms with Gasteiger partial charge in [0, 0.05) is 18.0 Å². The van der Waals surface area contributed by atoms with E-state index in [9.17, 15) is 22.4 Å². The van der Waals surface area contributed by atoms with Crippen LogP contribution in [0.15, 0.2) is 47.5 Å². The van der Waals surface area contributed by atoms with Gasteiger partial charge < -0.3 is 4.90 Å². The van der Waals surface area contributed by atoms with E-state index < -0.39 is 22.6 Å². The highest BCUT2D eigenvalue weighted by molar-refractivity contribution is 7.12. The van der Waals surface area contributed by atoms with Crippen LogP contribution in [0.25, 0.3) is 5.57 Å². The molecule has 0 saturated heterocycles. The average Bonchev–Trinajstić information content (AvgIpc) is 3.21. The maximum Gasteiger partial charge on any atom is 0.425 e. The zero-order valence-electron chi connectivity index (χ0n) is 15.9. The van der Waals surface area contributed by atoms with Crippen LogP contribution in [-0.4, -0.2) is 27.6 Å². The predicted octanol–water partition coefficient (Wildman–Crippen LogP) is 4.85. The molecule has 162 valence electrons. The molecule has 2 aromatic heterocycles. The van der Waals surface area contributed by atoms with Crippen molar-refractivity contribution < 1.29 is 17.6 Å². The third kappa shape index (κ3) is 4.80. The molecule has 0 N–H and O–H groups in total. The fraction of sp³-hybridized carbons (Fsp3) is 0.250. The van der Waals surface area contributed by atoms with E-state index in [0.717, 1.165) is 17.2 Å². The quantitative estimate of drug-likeness (QED) is 0.511. The Labute approximate surface area is 183 Å². The Balaban J connectivity index is 1.46. The summed E-state index contributed by atoms with van der Waals surface area (Å²) in [6, 6.07) is 6.89. The number of alkyl halides is 3. The van der Waals surface area contributed by atoms with Crippen molar-refractivity contribution in [2.45, 2.75) is 19.1 Å². The first-order chi connectivity index (χ1) is 14.7. The van der Waals surface area contributed by atoms with E-state index in [1.807, 2.05) is 11.0 Å². The Morgan fingerprint density at radius 3 is 2.61 bits per heavy atom. The molecule has 0 amide bonds. The molecule has 0 bridgehead atoms. The second kappa shape index (κ2) is 8.43. The summed E-state index contributed by atoms with van der Waals surface area (Å²) in [6.07, 6.45) is -0.555. The van der Waals surface area contributed by atoms with Gasteiger partial charge in [0.2, 0.25) is 5.95 Å². The molecule has 31 heavy (non-hydrogen) atoms. The molecule has 4 rings (SSSR count). The first-order valence-electron chi connectivity index (χ1n) is 9.19. The molecule has 0 spiro atoms. The number of halogens is 5. The van der Waals surface area contributed by atoms with E-state index in [1.165, 1.54) is 23.0 Å². The highest BCUT2D eigenvalue weighted by Crippen LogP contribution is 2.34. The van der Waals surface area contributed by atoms with Crippen molar-refractivity contribution in [1.82, 2.24) is 14.5 Å². The molecule has 1 aromatic carbocycles. The Kier molecular flexibility index (Phi) is 5.85. The molecular formula is C20H15ClF4N4OS. The molecule has 1 aliphatic rings. The molecule has 0 radical (unpaired) electrons. The van der Waals surface area contributed by atoms with Crippen molar-refractivity contribution in [3.05, 3.63) is 79.4 Å². The van der Waals surface area contributed by atoms with Gasteiger partial charge >= 0.3 is 11.9 Å². The summed E-state index contributed by atoms with van der Waals surface area (Å²) < 4.78 is 52.7. The molecule has 5 nitrogen and oxygen atoms in total. The second-order valence-electron chi connectivity index (χ2n) is 6.88. The lowest BCUT2D eigenvalue weighted by Gasteiger charge is -2.26. The largest absolute Gasteiger partial charge is 0.425 e. The van der Waals surface area contributed by atoms with Crippen LogP contribution >= 0.6 is 22.9 Å². The fourth-order valence-corrected chi connectivity index (χ4v) is 4.26. The fourth-order valence-electron chi connectivity index (χ4n) is 3.20. The number of aromatic nitrogens is 3. The Hall–Kier alpha value is -2.72. The minimum absolute atomic E-state index is 0.0325. The maximum absolute atomic E-state index is 13.4. The second-order valence-corrected chi connectivity index (χ2v) is 8.46. The van der Waals surface area contributed by atoms with Crippen LogP contribution in [0.2, 0.25) is 5.02 Å². The molecular weight excluding hydrogens is 456 g/mol. The smallest absolute Gasteiger partial charge is 0.337 e. The molecule has 0 saturated carbocycles. The summed E-state index contributed by atoms with van der Waals surface area (Å²) >= 11 is 6.43. The van der Waals surface area contributed by atoms with Crippen LogP contribution in [0.5, 0.6) is 0 Å². The van der Waals surface area contributed by atoms with Gasteiger partial charge in [-0.1, -0.05) is 23.7 Å². The van der Waals surface area contributed by atoms with Gasteiger partial charge in [-0.3, -0.25) is 4.57 Å². The van der Waals surface area contributed by atoms with Crippen molar-refractivity contribution >= 4 is 34.5 Å². The lowest BCUT2D eigenvalue weighted by molar-refractivity contribution is -0.134. The summed E-state index contributed by atoms with van der Waals surface area (Å²) in [5.41, 5.74) is 1.24. The lowest BCUT2D eigenvalue weighted by atomic mass is 9.99. The van der Waals surface area contributed by atoms with E-state index in [0.29, 0.717) is 35.7 Å². The Morgan fingerprint density at radius 1 is 1.19 bits per heavy atom. The zero-order valence-corrected chi connectivity index (χ0v) is 17.4. The summed E-state index contributed by atoms with van der Waals surface area (Å²) in [5.74, 6) is -0.231. The van der Waals surface area contributed by atoms with Crippen LogP contribution < -0.4 is 10.6 Å². The molecule has 0 aliphatic carbocycles. The molecule has 3 aromatic rings. The minimum atomic E-state index is -4.41. The minimum Gasteiger partial charge on any atom is -0.337 e. The first-order valence-corrected chi connectivity index (χ1v) is 10.4. The first kappa shape index (κ1) is 21.5. The van der Waals surface area contributed by atoms with Gasteiger partial charge in [0.1, 0.15) is 17.0 Å². The lowest BCUT2D eigenvalue weighted by Crippen LogP contribution is -2.33. The van der Waals surface area contributed by atoms with Gasteiger partial charge in [-0.05, 0) is 41.8 Å². The molecule has 0 fully saturated rings. The number of anilines is 1. The van der Waals surface area contributed by atoms with Crippen molar-refractivity contribution in [1.29, 1.82) is 0 Å². The highest BCUT2D eigenvalue weighted by Gasteiger charge is 2.32. The number of hydrogen-bond acceptors (Lipinski definition) is 5. The van der Waals surface area contributed by atoms with Gasteiger partial charge in [-0.2, -0.15) is 18.2 Å². The molecule has 0 atom stereocenters. The van der Waals surface area contributed by atoms with E-state index in [2.05, 4.69) is 9.97 Å². The van der Waals surface area contributed by atoms with Gasteiger partial charge in [0.15, 0.2) is 0 Å². The summed E-state index contributed by atoms with van der Waals surface area (Å²) in [7, 11) is 0. The summed E-state index contributed by atoms with van der Waals surface area (Å²) in [4.78, 5) is 22.0. The van der Waals surface area contributed by atoms with Gasteiger partial charge in [-0.25, -0.2) is 14.2 Å². The van der Waals surface area contributed by atoms with E-state index in [1.54, 1.807) is 12.1 Å². The van der Waals surface area contributed by atoms with Gasteiger partial charge in [0.05, 0.1) is 11.6 Å². The molecule has 11 heteroatoms. The molecule has 1 aliphatic heterocycles. The summed E-state index contributed by atoms with van der Waals surface area (Å²) in [6.45, 7) is 0.965. The highest BCUT2D eigenvalue weighted by atomic mass is 35.5. The monoisotopic (exact) mass is 470 g/mol. The number of thiophene rings is 1. The van der Waals surface area contributed by atoms with Gasteiger partial charge in [-0.15, -0.1) is 11.3 Å². The third-order valence-corrected chi connectivity index (χ3v) is 6.21. The topological polar surface area (TPSA) is 51.0 Å². The predicted molar refractivity (Wildman–Crippen MR) is 111 cm³/mol. The van der Waals surface area contributed by atoms with Crippen molar-refractivity contribution in [2.75, 3.05) is 18.0 Å². The zero-order chi connectivity index (χ0) is 22.2. The van der Waals surface area contributed by atoms with Crippen LogP contribution in [0, 0.1) is 5.82 Å². The number of hydrogen-bond donors (Lipinski definition) is 0.